The number of phenols is 3. The van der Waals surface area contributed by atoms with E-state index < -0.39 is 0 Å². The lowest BCUT2D eigenvalue weighted by Gasteiger charge is -2.18. The number of ether oxygens (including phenoxy) is 1. The van der Waals surface area contributed by atoms with E-state index in [9.17, 15) is 15.3 Å². The summed E-state index contributed by atoms with van der Waals surface area (Å²) in [6.07, 6.45) is 0.786. The minimum atomic E-state index is -0.216. The largest absolute Gasteiger partial charge is 0.504 e. The molecule has 25 heavy (non-hydrogen) atoms. The Labute approximate surface area is 145 Å². The van der Waals surface area contributed by atoms with Crippen molar-refractivity contribution in [1.29, 1.82) is 0 Å². The molecule has 1 unspecified atom stereocenters. The Balaban J connectivity index is 2.26. The average Bonchev–Trinajstić information content (AvgIpc) is 2.72. The van der Waals surface area contributed by atoms with Gasteiger partial charge in [-0.2, -0.15) is 5.10 Å². The first-order valence-electron chi connectivity index (χ1n) is 8.02. The minimum Gasteiger partial charge on any atom is -0.504 e. The van der Waals surface area contributed by atoms with Gasteiger partial charge >= 0.3 is 0 Å². The van der Waals surface area contributed by atoms with Gasteiger partial charge in [-0.15, -0.1) is 5.10 Å². The summed E-state index contributed by atoms with van der Waals surface area (Å²) in [5.74, 6) is -0.0509. The van der Waals surface area contributed by atoms with Crippen LogP contribution in [0, 0.1) is 0 Å². The van der Waals surface area contributed by atoms with Crippen LogP contribution in [0.5, 0.6) is 23.0 Å². The SMILES string of the molecule is CCC1C(C)=NN=C(c2ccc(O)c(OC)c2)c2cc(O)c(O)cc21. The predicted molar refractivity (Wildman–Crippen MR) is 96.2 cm³/mol. The van der Waals surface area contributed by atoms with Crippen molar-refractivity contribution in [2.45, 2.75) is 26.2 Å². The highest BCUT2D eigenvalue weighted by Crippen LogP contribution is 2.38. The molecule has 0 spiro atoms. The Morgan fingerprint density at radius 2 is 1.72 bits per heavy atom. The molecule has 1 heterocycles. The molecule has 2 aromatic rings. The number of hydrogen-bond donors (Lipinski definition) is 3. The zero-order valence-corrected chi connectivity index (χ0v) is 14.3. The fourth-order valence-electron chi connectivity index (χ4n) is 3.12. The highest BCUT2D eigenvalue weighted by atomic mass is 16.5. The van der Waals surface area contributed by atoms with Crippen molar-refractivity contribution in [2.24, 2.45) is 10.2 Å². The Morgan fingerprint density at radius 3 is 2.40 bits per heavy atom. The van der Waals surface area contributed by atoms with Gasteiger partial charge in [0.15, 0.2) is 23.0 Å². The molecule has 1 atom stereocenters. The molecule has 0 saturated carbocycles. The van der Waals surface area contributed by atoms with Gasteiger partial charge in [0.25, 0.3) is 0 Å². The number of phenolic OH excluding ortho intramolecular Hbond substituents is 3. The van der Waals surface area contributed by atoms with Gasteiger partial charge in [0.05, 0.1) is 7.11 Å². The average molecular weight is 340 g/mol. The highest BCUT2D eigenvalue weighted by molar-refractivity contribution is 6.16. The van der Waals surface area contributed by atoms with Crippen molar-refractivity contribution in [3.8, 4) is 23.0 Å². The van der Waals surface area contributed by atoms with Gasteiger partial charge < -0.3 is 20.1 Å². The van der Waals surface area contributed by atoms with Crippen LogP contribution in [0.4, 0.5) is 0 Å². The van der Waals surface area contributed by atoms with E-state index in [-0.39, 0.29) is 23.2 Å². The molecule has 3 rings (SSSR count). The van der Waals surface area contributed by atoms with Crippen LogP contribution in [0.25, 0.3) is 0 Å². The van der Waals surface area contributed by atoms with Crippen molar-refractivity contribution < 1.29 is 20.1 Å². The van der Waals surface area contributed by atoms with E-state index in [1.807, 2.05) is 13.8 Å². The molecule has 1 aliphatic heterocycles. The van der Waals surface area contributed by atoms with Crippen LogP contribution < -0.4 is 4.74 Å². The lowest BCUT2D eigenvalue weighted by Crippen LogP contribution is -2.12. The van der Waals surface area contributed by atoms with Crippen LogP contribution in [0.2, 0.25) is 0 Å². The molecule has 0 saturated heterocycles. The number of rotatable bonds is 3. The van der Waals surface area contributed by atoms with Gasteiger partial charge in [-0.3, -0.25) is 0 Å². The van der Waals surface area contributed by atoms with E-state index in [0.29, 0.717) is 22.6 Å². The summed E-state index contributed by atoms with van der Waals surface area (Å²) in [5.41, 5.74) is 3.60. The molecule has 0 amide bonds. The third-order valence-corrected chi connectivity index (χ3v) is 4.45. The first-order valence-corrected chi connectivity index (χ1v) is 8.02. The maximum absolute atomic E-state index is 9.99. The second-order valence-electron chi connectivity index (χ2n) is 5.97. The van der Waals surface area contributed by atoms with Gasteiger partial charge in [0, 0.05) is 22.8 Å². The Morgan fingerprint density at radius 1 is 1.00 bits per heavy atom. The fraction of sp³-hybridized carbons (Fsp3) is 0.263. The van der Waals surface area contributed by atoms with Crippen LogP contribution >= 0.6 is 0 Å². The van der Waals surface area contributed by atoms with Crippen LogP contribution in [0.3, 0.4) is 0 Å². The van der Waals surface area contributed by atoms with Gasteiger partial charge in [-0.25, -0.2) is 0 Å². The number of fused-ring (bicyclic) bond motifs is 1. The number of hydrogen-bond acceptors (Lipinski definition) is 6. The number of methoxy groups -OCH3 is 1. The van der Waals surface area contributed by atoms with Gasteiger partial charge in [-0.05, 0) is 49.2 Å². The molecular formula is C19H20N2O4. The smallest absolute Gasteiger partial charge is 0.161 e. The Kier molecular flexibility index (Phi) is 4.35. The van der Waals surface area contributed by atoms with Crippen molar-refractivity contribution >= 4 is 11.4 Å². The molecule has 0 aromatic heterocycles. The number of aromatic hydroxyl groups is 3. The van der Waals surface area contributed by atoms with E-state index in [0.717, 1.165) is 17.7 Å². The summed E-state index contributed by atoms with van der Waals surface area (Å²) in [6.45, 7) is 3.93. The van der Waals surface area contributed by atoms with Crippen LogP contribution in [0.1, 0.15) is 42.9 Å². The molecule has 0 bridgehead atoms. The quantitative estimate of drug-likeness (QED) is 0.745. The molecule has 6 nitrogen and oxygen atoms in total. The van der Waals surface area contributed by atoms with E-state index in [4.69, 9.17) is 4.74 Å². The second kappa shape index (κ2) is 6.47. The van der Waals surface area contributed by atoms with Gasteiger partial charge in [-0.1, -0.05) is 6.92 Å². The Hall–Kier alpha value is -3.02. The molecule has 3 N–H and O–H groups in total. The summed E-state index contributed by atoms with van der Waals surface area (Å²) >= 11 is 0. The maximum atomic E-state index is 9.99. The summed E-state index contributed by atoms with van der Waals surface area (Å²) in [5, 5.41) is 38.5. The number of benzene rings is 2. The van der Waals surface area contributed by atoms with E-state index in [1.165, 1.54) is 19.2 Å². The molecule has 6 heteroatoms. The summed E-state index contributed by atoms with van der Waals surface area (Å²) in [4.78, 5) is 0. The maximum Gasteiger partial charge on any atom is 0.161 e. The summed E-state index contributed by atoms with van der Waals surface area (Å²) in [6, 6.07) is 7.96. The zero-order valence-electron chi connectivity index (χ0n) is 14.3. The predicted octanol–water partition coefficient (Wildman–Crippen LogP) is 3.53. The molecule has 0 aliphatic carbocycles. The van der Waals surface area contributed by atoms with E-state index in [2.05, 4.69) is 10.2 Å². The van der Waals surface area contributed by atoms with E-state index in [1.54, 1.807) is 18.2 Å². The summed E-state index contributed by atoms with van der Waals surface area (Å²) in [7, 11) is 1.47. The Bertz CT molecular complexity index is 887. The monoisotopic (exact) mass is 340 g/mol. The van der Waals surface area contributed by atoms with Gasteiger partial charge in [0.1, 0.15) is 5.71 Å². The second-order valence-corrected chi connectivity index (χ2v) is 5.97. The van der Waals surface area contributed by atoms with Crippen molar-refractivity contribution in [2.75, 3.05) is 7.11 Å². The van der Waals surface area contributed by atoms with E-state index >= 15 is 0 Å². The van der Waals surface area contributed by atoms with Crippen molar-refractivity contribution in [3.05, 3.63) is 47.0 Å². The zero-order chi connectivity index (χ0) is 18.1. The molecule has 0 radical (unpaired) electrons. The third-order valence-electron chi connectivity index (χ3n) is 4.45. The van der Waals surface area contributed by atoms with Crippen LogP contribution in [-0.2, 0) is 0 Å². The normalized spacial score (nSPS) is 16.5. The molecule has 1 aliphatic rings. The fourth-order valence-corrected chi connectivity index (χ4v) is 3.12. The number of nitrogens with zero attached hydrogens (tertiary/aromatic N) is 2. The van der Waals surface area contributed by atoms with Crippen molar-refractivity contribution in [3.63, 3.8) is 0 Å². The molecule has 0 fully saturated rings. The van der Waals surface area contributed by atoms with Crippen LogP contribution in [-0.4, -0.2) is 33.9 Å². The molecule has 2 aromatic carbocycles. The first kappa shape index (κ1) is 16.8. The standard InChI is InChI=1S/C19H20N2O4/c1-4-12-10(2)20-21-19(11-5-6-15(22)18(7-11)25-3)14-9-17(24)16(23)8-13(12)14/h5-9,12,22-24H,4H2,1-3H3. The van der Waals surface area contributed by atoms with Crippen molar-refractivity contribution in [1.82, 2.24) is 0 Å². The topological polar surface area (TPSA) is 94.6 Å². The summed E-state index contributed by atoms with van der Waals surface area (Å²) < 4.78 is 5.17. The van der Waals surface area contributed by atoms with Crippen LogP contribution in [0.15, 0.2) is 40.5 Å². The first-order chi connectivity index (χ1) is 12.0. The lowest BCUT2D eigenvalue weighted by molar-refractivity contribution is 0.373. The minimum absolute atomic E-state index is 0.0123. The third kappa shape index (κ3) is 2.91. The molecular weight excluding hydrogens is 320 g/mol. The van der Waals surface area contributed by atoms with Gasteiger partial charge in [0.2, 0.25) is 0 Å². The lowest BCUT2D eigenvalue weighted by atomic mass is 9.85. The molecule has 130 valence electrons. The highest BCUT2D eigenvalue weighted by Gasteiger charge is 2.25.